The van der Waals surface area contributed by atoms with Gasteiger partial charge in [0.25, 0.3) is 0 Å². The Balaban J connectivity index is 0.00000312. The summed E-state index contributed by atoms with van der Waals surface area (Å²) in [6.45, 7) is 11.7. The normalized spacial score (nSPS) is 16.8. The first kappa shape index (κ1) is 22.5. The van der Waals surface area contributed by atoms with E-state index in [0.717, 1.165) is 58.4 Å². The van der Waals surface area contributed by atoms with E-state index in [4.69, 9.17) is 9.73 Å². The van der Waals surface area contributed by atoms with Crippen LogP contribution in [0.3, 0.4) is 0 Å². The second-order valence-electron chi connectivity index (χ2n) is 5.84. The number of guanidine groups is 1. The molecule has 0 saturated carbocycles. The highest BCUT2D eigenvalue weighted by Gasteiger charge is 2.10. The molecule has 0 radical (unpaired) electrons. The third kappa shape index (κ3) is 9.67. The van der Waals surface area contributed by atoms with Gasteiger partial charge in [-0.15, -0.1) is 35.7 Å². The molecule has 2 N–H and O–H groups in total. The van der Waals surface area contributed by atoms with Gasteiger partial charge in [0.15, 0.2) is 5.96 Å². The Hall–Kier alpha value is -0.510. The summed E-state index contributed by atoms with van der Waals surface area (Å²) in [5.74, 6) is 0.909. The Morgan fingerprint density at radius 2 is 1.96 bits per heavy atom. The molecule has 7 heteroatoms. The minimum absolute atomic E-state index is 0. The predicted molar refractivity (Wildman–Crippen MR) is 118 cm³/mol. The number of thioether (sulfide) groups is 1. The van der Waals surface area contributed by atoms with Crippen LogP contribution < -0.4 is 10.6 Å². The smallest absolute Gasteiger partial charge is 0.191 e. The van der Waals surface area contributed by atoms with E-state index in [0.29, 0.717) is 5.25 Å². The summed E-state index contributed by atoms with van der Waals surface area (Å²) >= 11 is 1.87. The number of rotatable bonds is 8. The first-order valence-electron chi connectivity index (χ1n) is 8.82. The molecule has 142 valence electrons. The van der Waals surface area contributed by atoms with Gasteiger partial charge < -0.3 is 15.4 Å². The second-order valence-corrected chi connectivity index (χ2v) is 7.35. The quantitative estimate of drug-likeness (QED) is 0.261. The van der Waals surface area contributed by atoms with Crippen molar-refractivity contribution in [3.05, 3.63) is 30.3 Å². The van der Waals surface area contributed by atoms with Crippen LogP contribution in [-0.4, -0.2) is 68.6 Å². The van der Waals surface area contributed by atoms with Crippen molar-refractivity contribution in [2.75, 3.05) is 52.5 Å². The van der Waals surface area contributed by atoms with Crippen LogP contribution in [0.15, 0.2) is 40.2 Å². The molecule has 0 aromatic heterocycles. The highest BCUT2D eigenvalue weighted by atomic mass is 127. The van der Waals surface area contributed by atoms with Gasteiger partial charge in [0, 0.05) is 42.9 Å². The molecule has 2 rings (SSSR count). The highest BCUT2D eigenvalue weighted by Crippen LogP contribution is 2.22. The van der Waals surface area contributed by atoms with E-state index >= 15 is 0 Å². The van der Waals surface area contributed by atoms with Gasteiger partial charge >= 0.3 is 0 Å². The predicted octanol–water partition coefficient (Wildman–Crippen LogP) is 2.67. The van der Waals surface area contributed by atoms with Crippen molar-refractivity contribution in [1.82, 2.24) is 15.5 Å². The molecule has 0 bridgehead atoms. The van der Waals surface area contributed by atoms with Crippen LogP contribution in [-0.2, 0) is 4.74 Å². The first-order valence-corrected chi connectivity index (χ1v) is 9.70. The molecule has 5 nitrogen and oxygen atoms in total. The van der Waals surface area contributed by atoms with Gasteiger partial charge in [-0.05, 0) is 19.1 Å². The zero-order valence-electron chi connectivity index (χ0n) is 15.2. The van der Waals surface area contributed by atoms with Crippen LogP contribution in [0.1, 0.15) is 13.8 Å². The number of ether oxygens (including phenoxy) is 1. The Kier molecular flexibility index (Phi) is 12.3. The van der Waals surface area contributed by atoms with E-state index in [1.54, 1.807) is 0 Å². The number of nitrogens with zero attached hydrogens (tertiary/aromatic N) is 2. The number of morpholine rings is 1. The zero-order valence-corrected chi connectivity index (χ0v) is 18.4. The summed E-state index contributed by atoms with van der Waals surface area (Å²) in [4.78, 5) is 8.44. The van der Waals surface area contributed by atoms with Gasteiger partial charge in [-0.25, -0.2) is 0 Å². The van der Waals surface area contributed by atoms with Crippen molar-refractivity contribution >= 4 is 41.7 Å². The summed E-state index contributed by atoms with van der Waals surface area (Å²) in [5.41, 5.74) is 0. The lowest BCUT2D eigenvalue weighted by Gasteiger charge is -2.26. The molecule has 1 aromatic carbocycles. The van der Waals surface area contributed by atoms with Gasteiger partial charge in [0.1, 0.15) is 0 Å². The van der Waals surface area contributed by atoms with E-state index in [1.807, 2.05) is 11.8 Å². The molecule has 0 spiro atoms. The molecule has 1 aliphatic rings. The van der Waals surface area contributed by atoms with Crippen LogP contribution in [0.4, 0.5) is 0 Å². The molecule has 1 fully saturated rings. The van der Waals surface area contributed by atoms with Crippen LogP contribution in [0.2, 0.25) is 0 Å². The van der Waals surface area contributed by atoms with E-state index in [2.05, 4.69) is 59.7 Å². The highest BCUT2D eigenvalue weighted by molar-refractivity contribution is 14.0. The second kappa shape index (κ2) is 13.7. The van der Waals surface area contributed by atoms with Crippen molar-refractivity contribution in [1.29, 1.82) is 0 Å². The van der Waals surface area contributed by atoms with Crippen molar-refractivity contribution in [3.8, 4) is 0 Å². The molecule has 25 heavy (non-hydrogen) atoms. The Morgan fingerprint density at radius 1 is 1.24 bits per heavy atom. The SMILES string of the molecule is CCNC(=NCC(C)Sc1ccccc1)NCCN1CCOCC1.I. The molecule has 1 saturated heterocycles. The van der Waals surface area contributed by atoms with Crippen LogP contribution >= 0.6 is 35.7 Å². The maximum absolute atomic E-state index is 5.38. The Morgan fingerprint density at radius 3 is 2.64 bits per heavy atom. The fourth-order valence-electron chi connectivity index (χ4n) is 2.49. The first-order chi connectivity index (χ1) is 11.8. The maximum atomic E-state index is 5.38. The lowest BCUT2D eigenvalue weighted by Crippen LogP contribution is -2.44. The monoisotopic (exact) mass is 478 g/mol. The fraction of sp³-hybridized carbons (Fsp3) is 0.611. The minimum Gasteiger partial charge on any atom is -0.379 e. The van der Waals surface area contributed by atoms with Gasteiger partial charge in [-0.3, -0.25) is 9.89 Å². The molecule has 1 aromatic rings. The van der Waals surface area contributed by atoms with Crippen molar-refractivity contribution < 1.29 is 4.74 Å². The lowest BCUT2D eigenvalue weighted by atomic mass is 10.4. The maximum Gasteiger partial charge on any atom is 0.191 e. The summed E-state index contributed by atoms with van der Waals surface area (Å²) in [6.07, 6.45) is 0. The molecule has 0 amide bonds. The molecule has 1 atom stereocenters. The standard InChI is InChI=1S/C18H30N4OS.HI/c1-3-19-18(20-9-10-22-11-13-23-14-12-22)21-15-16(2)24-17-7-5-4-6-8-17;/h4-8,16H,3,9-15H2,1-2H3,(H2,19,20,21);1H. The van der Waals surface area contributed by atoms with E-state index < -0.39 is 0 Å². The topological polar surface area (TPSA) is 48.9 Å². The van der Waals surface area contributed by atoms with Gasteiger partial charge in [0.05, 0.1) is 19.8 Å². The lowest BCUT2D eigenvalue weighted by molar-refractivity contribution is 0.0389. The largest absolute Gasteiger partial charge is 0.379 e. The number of halogens is 1. The summed E-state index contributed by atoms with van der Waals surface area (Å²) < 4.78 is 5.38. The summed E-state index contributed by atoms with van der Waals surface area (Å²) in [6, 6.07) is 10.5. The van der Waals surface area contributed by atoms with E-state index in [-0.39, 0.29) is 24.0 Å². The van der Waals surface area contributed by atoms with Crippen molar-refractivity contribution in [2.45, 2.75) is 24.0 Å². The number of hydrogen-bond donors (Lipinski definition) is 2. The molecule has 1 aliphatic heterocycles. The van der Waals surface area contributed by atoms with Crippen molar-refractivity contribution in [3.63, 3.8) is 0 Å². The van der Waals surface area contributed by atoms with Gasteiger partial charge in [-0.2, -0.15) is 0 Å². The number of nitrogens with one attached hydrogen (secondary N) is 2. The number of hydrogen-bond acceptors (Lipinski definition) is 4. The van der Waals surface area contributed by atoms with Gasteiger partial charge in [0.2, 0.25) is 0 Å². The minimum atomic E-state index is 0. The number of aliphatic imine (C=N–C) groups is 1. The Bertz CT molecular complexity index is 483. The summed E-state index contributed by atoms with van der Waals surface area (Å²) in [7, 11) is 0. The number of benzene rings is 1. The molecule has 0 aliphatic carbocycles. The molecule has 1 unspecified atom stereocenters. The third-order valence-electron chi connectivity index (χ3n) is 3.76. The average Bonchev–Trinajstić information content (AvgIpc) is 2.61. The van der Waals surface area contributed by atoms with Crippen molar-refractivity contribution in [2.24, 2.45) is 4.99 Å². The fourth-order valence-corrected chi connectivity index (χ4v) is 3.42. The third-order valence-corrected chi connectivity index (χ3v) is 4.85. The van der Waals surface area contributed by atoms with Crippen LogP contribution in [0.5, 0.6) is 0 Å². The van der Waals surface area contributed by atoms with Gasteiger partial charge in [-0.1, -0.05) is 25.1 Å². The molecular weight excluding hydrogens is 447 g/mol. The van der Waals surface area contributed by atoms with E-state index in [9.17, 15) is 0 Å². The van der Waals surface area contributed by atoms with E-state index in [1.165, 1.54) is 4.90 Å². The molecule has 1 heterocycles. The molecular formula is C18H31IN4OS. The zero-order chi connectivity index (χ0) is 17.0. The van der Waals surface area contributed by atoms with Crippen LogP contribution in [0.25, 0.3) is 0 Å². The average molecular weight is 478 g/mol. The summed E-state index contributed by atoms with van der Waals surface area (Å²) in [5, 5.41) is 7.21. The van der Waals surface area contributed by atoms with Crippen LogP contribution in [0, 0.1) is 0 Å². The Labute approximate surface area is 173 Å².